The van der Waals surface area contributed by atoms with Crippen molar-refractivity contribution in [2.24, 2.45) is 0 Å². The van der Waals surface area contributed by atoms with E-state index in [0.717, 1.165) is 44.5 Å². The molecule has 1 saturated carbocycles. The van der Waals surface area contributed by atoms with Gasteiger partial charge in [0.1, 0.15) is 0 Å². The van der Waals surface area contributed by atoms with E-state index in [1.165, 1.54) is 0 Å². The zero-order valence-corrected chi connectivity index (χ0v) is 19.5. The highest BCUT2D eigenvalue weighted by atomic mass is 32.2. The molecule has 4 rings (SSSR count). The molecule has 1 saturated heterocycles. The average Bonchev–Trinajstić information content (AvgIpc) is 3.63. The van der Waals surface area contributed by atoms with Gasteiger partial charge in [0, 0.05) is 42.1 Å². The lowest BCUT2D eigenvalue weighted by Crippen LogP contribution is -2.44. The number of nitrogens with zero attached hydrogens (tertiary/aromatic N) is 1. The molecule has 1 aliphatic heterocycles. The van der Waals surface area contributed by atoms with Gasteiger partial charge in [-0.1, -0.05) is 13.0 Å². The summed E-state index contributed by atoms with van der Waals surface area (Å²) in [7, 11) is -3.20. The predicted octanol–water partition coefficient (Wildman–Crippen LogP) is 3.16. The van der Waals surface area contributed by atoms with Crippen molar-refractivity contribution in [3.8, 4) is 0 Å². The Morgan fingerprint density at radius 1 is 0.939 bits per heavy atom. The van der Waals surface area contributed by atoms with Gasteiger partial charge in [0.15, 0.2) is 9.84 Å². The van der Waals surface area contributed by atoms with Crippen molar-refractivity contribution in [1.29, 1.82) is 0 Å². The Kier molecular flexibility index (Phi) is 6.88. The van der Waals surface area contributed by atoms with Gasteiger partial charge in [-0.2, -0.15) is 0 Å². The first-order valence-corrected chi connectivity index (χ1v) is 13.1. The number of carbonyl (C=O) groups is 2. The monoisotopic (exact) mass is 470 g/mol. The minimum atomic E-state index is -3.20. The van der Waals surface area contributed by atoms with Crippen LogP contribution in [0, 0.1) is 0 Å². The van der Waals surface area contributed by atoms with Gasteiger partial charge in [0.2, 0.25) is 0 Å². The molecule has 2 aromatic rings. The van der Waals surface area contributed by atoms with E-state index in [1.54, 1.807) is 43.3 Å². The Balaban J connectivity index is 1.28. The summed E-state index contributed by atoms with van der Waals surface area (Å²) in [5, 5.41) is 8.73. The van der Waals surface area contributed by atoms with E-state index < -0.39 is 9.84 Å². The van der Waals surface area contributed by atoms with Gasteiger partial charge in [0.05, 0.1) is 10.6 Å². The molecule has 0 aromatic heterocycles. The van der Waals surface area contributed by atoms with Gasteiger partial charge in [0.25, 0.3) is 5.91 Å². The van der Waals surface area contributed by atoms with E-state index in [2.05, 4.69) is 20.9 Å². The fourth-order valence-corrected chi connectivity index (χ4v) is 4.78. The van der Waals surface area contributed by atoms with Crippen LogP contribution >= 0.6 is 0 Å². The summed E-state index contributed by atoms with van der Waals surface area (Å²) in [5.41, 5.74) is 2.08. The third-order valence-electron chi connectivity index (χ3n) is 6.07. The molecule has 8 nitrogen and oxygen atoms in total. The number of carbonyl (C=O) groups excluding carboxylic acids is 2. The second-order valence-electron chi connectivity index (χ2n) is 8.59. The Hall–Kier alpha value is -3.07. The molecule has 0 bridgehead atoms. The third-order valence-corrected chi connectivity index (χ3v) is 7.82. The van der Waals surface area contributed by atoms with Crippen molar-refractivity contribution in [2.45, 2.75) is 49.6 Å². The number of hydrogen-bond acceptors (Lipinski definition) is 5. The fourth-order valence-electron chi connectivity index (χ4n) is 3.90. The van der Waals surface area contributed by atoms with Gasteiger partial charge in [-0.3, -0.25) is 4.79 Å². The summed E-state index contributed by atoms with van der Waals surface area (Å²) in [5.74, 6) is -0.0711. The van der Waals surface area contributed by atoms with Crippen LogP contribution in [-0.2, 0) is 9.84 Å². The van der Waals surface area contributed by atoms with Crippen LogP contribution in [-0.4, -0.2) is 51.3 Å². The fraction of sp³-hybridized carbons (Fsp3) is 0.417. The Bertz CT molecular complexity index is 1110. The normalized spacial score (nSPS) is 16.8. The number of nitrogens with one attached hydrogen (secondary N) is 3. The first-order valence-electron chi connectivity index (χ1n) is 11.4. The quantitative estimate of drug-likeness (QED) is 0.576. The number of hydrogen-bond donors (Lipinski definition) is 3. The van der Waals surface area contributed by atoms with E-state index in [-0.39, 0.29) is 29.8 Å². The van der Waals surface area contributed by atoms with Crippen LogP contribution in [0.1, 0.15) is 43.0 Å². The van der Waals surface area contributed by atoms with Crippen LogP contribution in [0.5, 0.6) is 0 Å². The summed E-state index contributed by atoms with van der Waals surface area (Å²) in [6.45, 7) is 3.18. The number of rotatable bonds is 7. The lowest BCUT2D eigenvalue weighted by atomic mass is 10.0. The van der Waals surface area contributed by atoms with Crippen LogP contribution in [0.15, 0.2) is 53.4 Å². The standard InChI is InChI=1S/C24H30N4O4S/c1-2-33(31,32)22-10-8-21(9-11-22)28-14-12-19(13-15-28)25-23(29)17-4-3-5-20(16-17)27-24(30)26-18-6-7-18/h3-5,8-11,16,18-19H,2,6-7,12-15H2,1H3,(H,25,29)(H2,26,27,30). The Morgan fingerprint density at radius 3 is 2.24 bits per heavy atom. The van der Waals surface area contributed by atoms with Gasteiger partial charge in [-0.25, -0.2) is 13.2 Å². The van der Waals surface area contributed by atoms with Crippen molar-refractivity contribution in [3.63, 3.8) is 0 Å². The minimum absolute atomic E-state index is 0.0586. The van der Waals surface area contributed by atoms with Crippen LogP contribution in [0.2, 0.25) is 0 Å². The SMILES string of the molecule is CCS(=O)(=O)c1ccc(N2CCC(NC(=O)c3cccc(NC(=O)NC4CC4)c3)CC2)cc1. The second kappa shape index (κ2) is 9.82. The highest BCUT2D eigenvalue weighted by molar-refractivity contribution is 7.91. The first kappa shape index (κ1) is 23.1. The molecule has 3 amide bonds. The Morgan fingerprint density at radius 2 is 1.61 bits per heavy atom. The van der Waals surface area contributed by atoms with Gasteiger partial charge in [-0.15, -0.1) is 0 Å². The smallest absolute Gasteiger partial charge is 0.319 e. The molecular weight excluding hydrogens is 440 g/mol. The molecule has 0 spiro atoms. The molecule has 3 N–H and O–H groups in total. The molecule has 2 fully saturated rings. The predicted molar refractivity (Wildman–Crippen MR) is 128 cm³/mol. The molecule has 9 heteroatoms. The van der Waals surface area contributed by atoms with Gasteiger partial charge >= 0.3 is 6.03 Å². The van der Waals surface area contributed by atoms with Crippen LogP contribution in [0.3, 0.4) is 0 Å². The summed E-state index contributed by atoms with van der Waals surface area (Å²) >= 11 is 0. The highest BCUT2D eigenvalue weighted by Gasteiger charge is 2.24. The van der Waals surface area contributed by atoms with Crippen LogP contribution < -0.4 is 20.9 Å². The summed E-state index contributed by atoms with van der Waals surface area (Å²) in [6.07, 6.45) is 3.62. The molecule has 33 heavy (non-hydrogen) atoms. The molecular formula is C24H30N4O4S. The molecule has 176 valence electrons. The van der Waals surface area contributed by atoms with E-state index in [9.17, 15) is 18.0 Å². The lowest BCUT2D eigenvalue weighted by molar-refractivity contribution is 0.0931. The van der Waals surface area contributed by atoms with Gasteiger partial charge < -0.3 is 20.9 Å². The highest BCUT2D eigenvalue weighted by Crippen LogP contribution is 2.23. The number of piperidine rings is 1. The maximum atomic E-state index is 12.7. The van der Waals surface area contributed by atoms with Crippen LogP contribution in [0.25, 0.3) is 0 Å². The van der Waals surface area contributed by atoms with Crippen molar-refractivity contribution in [3.05, 3.63) is 54.1 Å². The van der Waals surface area contributed by atoms with E-state index in [1.807, 2.05) is 12.1 Å². The first-order chi connectivity index (χ1) is 15.8. The molecule has 1 heterocycles. The maximum Gasteiger partial charge on any atom is 0.319 e. The van der Waals surface area contributed by atoms with E-state index >= 15 is 0 Å². The molecule has 1 aliphatic carbocycles. The summed E-state index contributed by atoms with van der Waals surface area (Å²) < 4.78 is 24.0. The van der Waals surface area contributed by atoms with Crippen LogP contribution in [0.4, 0.5) is 16.2 Å². The Labute approximate surface area is 194 Å². The number of sulfone groups is 1. The minimum Gasteiger partial charge on any atom is -0.371 e. The molecule has 2 aliphatic rings. The summed E-state index contributed by atoms with van der Waals surface area (Å²) in [4.78, 5) is 27.2. The van der Waals surface area contributed by atoms with Crippen molar-refractivity contribution in [1.82, 2.24) is 10.6 Å². The summed E-state index contributed by atoms with van der Waals surface area (Å²) in [6, 6.07) is 14.0. The van der Waals surface area contributed by atoms with Gasteiger partial charge in [-0.05, 0) is 68.1 Å². The number of anilines is 2. The number of amides is 3. The maximum absolute atomic E-state index is 12.7. The second-order valence-corrected chi connectivity index (χ2v) is 10.9. The molecule has 0 atom stereocenters. The topological polar surface area (TPSA) is 108 Å². The lowest BCUT2D eigenvalue weighted by Gasteiger charge is -2.34. The molecule has 0 radical (unpaired) electrons. The largest absolute Gasteiger partial charge is 0.371 e. The van der Waals surface area contributed by atoms with E-state index in [0.29, 0.717) is 16.1 Å². The van der Waals surface area contributed by atoms with E-state index in [4.69, 9.17) is 0 Å². The zero-order chi connectivity index (χ0) is 23.4. The number of benzene rings is 2. The van der Waals surface area contributed by atoms with Crippen molar-refractivity contribution < 1.29 is 18.0 Å². The third kappa shape index (κ3) is 6.04. The number of urea groups is 1. The zero-order valence-electron chi connectivity index (χ0n) is 18.7. The molecule has 0 unspecified atom stereocenters. The van der Waals surface area contributed by atoms with Crippen molar-refractivity contribution >= 4 is 33.2 Å². The average molecular weight is 471 g/mol. The molecule has 2 aromatic carbocycles. The van der Waals surface area contributed by atoms with Crippen molar-refractivity contribution in [2.75, 3.05) is 29.1 Å².